The van der Waals surface area contributed by atoms with E-state index in [9.17, 15) is 9.59 Å². The highest BCUT2D eigenvalue weighted by Gasteiger charge is 2.36. The van der Waals surface area contributed by atoms with Crippen LogP contribution < -0.4 is 10.6 Å². The first kappa shape index (κ1) is 18.7. The number of likely N-dealkylation sites (N-methyl/N-ethyl adjacent to an activating group) is 1. The van der Waals surface area contributed by atoms with Crippen LogP contribution in [0.1, 0.15) is 37.8 Å². The molecule has 1 fully saturated rings. The van der Waals surface area contributed by atoms with Crippen molar-refractivity contribution in [1.29, 1.82) is 0 Å². The highest BCUT2D eigenvalue weighted by atomic mass is 16.4. The monoisotopic (exact) mass is 359 g/mol. The van der Waals surface area contributed by atoms with Crippen molar-refractivity contribution in [3.8, 4) is 0 Å². The van der Waals surface area contributed by atoms with Gasteiger partial charge in [-0.1, -0.05) is 38.1 Å². The Hall–Kier alpha value is -2.08. The molecule has 2 aliphatic rings. The Bertz CT molecular complexity index is 645. The summed E-state index contributed by atoms with van der Waals surface area (Å²) in [6, 6.07) is 8.76. The number of carboxylic acid groups (broad SMARTS) is 1. The molecule has 2 amide bonds. The van der Waals surface area contributed by atoms with Gasteiger partial charge in [-0.2, -0.15) is 0 Å². The molecule has 0 unspecified atom stereocenters. The average Bonchev–Trinajstić information content (AvgIpc) is 2.90. The smallest absolute Gasteiger partial charge is 0.317 e. The van der Waals surface area contributed by atoms with Crippen molar-refractivity contribution in [2.24, 2.45) is 5.41 Å². The zero-order valence-corrected chi connectivity index (χ0v) is 15.6. The molecule has 3 N–H and O–H groups in total. The fraction of sp³-hybridized carbons (Fsp3) is 0.600. The highest BCUT2D eigenvalue weighted by Crippen LogP contribution is 2.36. The summed E-state index contributed by atoms with van der Waals surface area (Å²) >= 11 is 0. The minimum Gasteiger partial charge on any atom is -0.480 e. The number of aliphatic carboxylic acids is 1. The molecule has 142 valence electrons. The number of carbonyl (C=O) groups excluding carboxylic acids is 1. The molecule has 26 heavy (non-hydrogen) atoms. The Labute approximate surface area is 155 Å². The second-order valence-corrected chi connectivity index (χ2v) is 8.04. The average molecular weight is 359 g/mol. The molecule has 0 bridgehead atoms. The van der Waals surface area contributed by atoms with E-state index < -0.39 is 5.97 Å². The topological polar surface area (TPSA) is 81.7 Å². The van der Waals surface area contributed by atoms with Crippen molar-refractivity contribution < 1.29 is 14.7 Å². The normalized spacial score (nSPS) is 23.2. The third-order valence-electron chi connectivity index (χ3n) is 5.74. The summed E-state index contributed by atoms with van der Waals surface area (Å²) in [6.45, 7) is 5.63. The zero-order chi connectivity index (χ0) is 18.7. The van der Waals surface area contributed by atoms with Gasteiger partial charge in [0.25, 0.3) is 0 Å². The van der Waals surface area contributed by atoms with Crippen LogP contribution in [0.5, 0.6) is 0 Å². The fourth-order valence-electron chi connectivity index (χ4n) is 4.22. The number of carbonyl (C=O) groups is 2. The van der Waals surface area contributed by atoms with Crippen LogP contribution in [0.15, 0.2) is 24.3 Å². The van der Waals surface area contributed by atoms with Crippen LogP contribution in [0.25, 0.3) is 0 Å². The molecule has 0 aliphatic heterocycles. The third kappa shape index (κ3) is 4.36. The lowest BCUT2D eigenvalue weighted by atomic mass is 9.85. The van der Waals surface area contributed by atoms with Gasteiger partial charge in [0.05, 0.1) is 6.54 Å². The predicted octanol–water partition coefficient (Wildman–Crippen LogP) is 2.03. The van der Waals surface area contributed by atoms with Crippen molar-refractivity contribution in [3.05, 3.63) is 35.4 Å². The van der Waals surface area contributed by atoms with Gasteiger partial charge in [-0.25, -0.2) is 4.79 Å². The highest BCUT2D eigenvalue weighted by molar-refractivity contribution is 5.74. The number of fused-ring (bicyclic) bond motifs is 1. The van der Waals surface area contributed by atoms with Gasteiger partial charge < -0.3 is 15.7 Å². The van der Waals surface area contributed by atoms with Gasteiger partial charge in [0.1, 0.15) is 0 Å². The summed E-state index contributed by atoms with van der Waals surface area (Å²) in [4.78, 5) is 25.0. The van der Waals surface area contributed by atoms with Crippen LogP contribution in [0.2, 0.25) is 0 Å². The second kappa shape index (κ2) is 7.66. The van der Waals surface area contributed by atoms with Gasteiger partial charge >= 0.3 is 12.0 Å². The number of nitrogens with one attached hydrogen (secondary N) is 2. The molecule has 1 saturated carbocycles. The minimum absolute atomic E-state index is 0.0684. The number of nitrogens with zero attached hydrogens (tertiary/aromatic N) is 1. The first-order chi connectivity index (χ1) is 12.4. The van der Waals surface area contributed by atoms with E-state index in [0.29, 0.717) is 6.54 Å². The van der Waals surface area contributed by atoms with Gasteiger partial charge in [-0.05, 0) is 48.8 Å². The van der Waals surface area contributed by atoms with Crippen LogP contribution in [0.3, 0.4) is 0 Å². The van der Waals surface area contributed by atoms with Crippen LogP contribution >= 0.6 is 0 Å². The van der Waals surface area contributed by atoms with Crippen LogP contribution in [0, 0.1) is 5.41 Å². The Morgan fingerprint density at radius 2 is 1.85 bits per heavy atom. The van der Waals surface area contributed by atoms with E-state index in [4.69, 9.17) is 5.11 Å². The first-order valence-corrected chi connectivity index (χ1v) is 9.45. The van der Waals surface area contributed by atoms with Gasteiger partial charge in [0, 0.05) is 18.6 Å². The molecule has 0 saturated heterocycles. The maximum atomic E-state index is 12.2. The van der Waals surface area contributed by atoms with Crippen molar-refractivity contribution >= 4 is 12.0 Å². The van der Waals surface area contributed by atoms with Crippen LogP contribution in [0.4, 0.5) is 4.79 Å². The third-order valence-corrected chi connectivity index (χ3v) is 5.74. The number of rotatable bonds is 7. The Morgan fingerprint density at radius 1 is 1.23 bits per heavy atom. The Morgan fingerprint density at radius 3 is 2.38 bits per heavy atom. The van der Waals surface area contributed by atoms with E-state index in [1.807, 2.05) is 11.8 Å². The SMILES string of the molecule is CCN(CC(=O)O)C1CC(NC(=O)NCC2(C)Cc3ccccc3C2)C1. The van der Waals surface area contributed by atoms with Gasteiger partial charge in [-0.15, -0.1) is 0 Å². The van der Waals surface area contributed by atoms with Crippen molar-refractivity contribution in [3.63, 3.8) is 0 Å². The summed E-state index contributed by atoms with van der Waals surface area (Å²) in [5.41, 5.74) is 2.85. The minimum atomic E-state index is -0.799. The maximum Gasteiger partial charge on any atom is 0.317 e. The van der Waals surface area contributed by atoms with Gasteiger partial charge in [0.15, 0.2) is 0 Å². The molecule has 1 aromatic carbocycles. The fourth-order valence-corrected chi connectivity index (χ4v) is 4.22. The Kier molecular flexibility index (Phi) is 5.51. The summed E-state index contributed by atoms with van der Waals surface area (Å²) in [5, 5.41) is 15.0. The number of hydrogen-bond donors (Lipinski definition) is 3. The lowest BCUT2D eigenvalue weighted by molar-refractivity contribution is -0.139. The lowest BCUT2D eigenvalue weighted by Crippen LogP contribution is -2.56. The summed E-state index contributed by atoms with van der Waals surface area (Å²) in [7, 11) is 0. The van der Waals surface area contributed by atoms with Crippen LogP contribution in [-0.4, -0.2) is 53.7 Å². The summed E-state index contributed by atoms with van der Waals surface area (Å²) in [5.74, 6) is -0.799. The van der Waals surface area contributed by atoms with E-state index in [2.05, 4.69) is 41.8 Å². The molecule has 0 atom stereocenters. The predicted molar refractivity (Wildman–Crippen MR) is 100 cm³/mol. The Balaban J connectivity index is 1.39. The number of amides is 2. The van der Waals surface area contributed by atoms with Crippen molar-refractivity contribution in [1.82, 2.24) is 15.5 Å². The summed E-state index contributed by atoms with van der Waals surface area (Å²) in [6.07, 6.45) is 3.62. The number of carboxylic acids is 1. The van der Waals surface area contributed by atoms with E-state index in [-0.39, 0.29) is 30.1 Å². The molecule has 2 aliphatic carbocycles. The van der Waals surface area contributed by atoms with E-state index >= 15 is 0 Å². The maximum absolute atomic E-state index is 12.2. The second-order valence-electron chi connectivity index (χ2n) is 8.04. The molecule has 1 aromatic rings. The van der Waals surface area contributed by atoms with E-state index in [1.54, 1.807) is 0 Å². The molecule has 0 radical (unpaired) electrons. The number of urea groups is 1. The number of hydrogen-bond acceptors (Lipinski definition) is 3. The van der Waals surface area contributed by atoms with Crippen molar-refractivity contribution in [2.45, 2.75) is 51.6 Å². The quantitative estimate of drug-likeness (QED) is 0.696. The van der Waals surface area contributed by atoms with Gasteiger partial charge in [0.2, 0.25) is 0 Å². The summed E-state index contributed by atoms with van der Waals surface area (Å²) < 4.78 is 0. The van der Waals surface area contributed by atoms with Gasteiger partial charge in [-0.3, -0.25) is 9.69 Å². The molecule has 6 nitrogen and oxygen atoms in total. The molecule has 0 spiro atoms. The molecular weight excluding hydrogens is 330 g/mol. The molecule has 3 rings (SSSR count). The lowest BCUT2D eigenvalue weighted by Gasteiger charge is -2.42. The molecule has 0 heterocycles. The van der Waals surface area contributed by atoms with Crippen molar-refractivity contribution in [2.75, 3.05) is 19.6 Å². The largest absolute Gasteiger partial charge is 0.480 e. The van der Waals surface area contributed by atoms with E-state index in [1.165, 1.54) is 11.1 Å². The molecule has 6 heteroatoms. The zero-order valence-electron chi connectivity index (χ0n) is 15.6. The van der Waals surface area contributed by atoms with Crippen LogP contribution in [-0.2, 0) is 17.6 Å². The standard InChI is InChI=1S/C20H29N3O3/c1-3-23(12-18(24)25)17-8-16(9-17)22-19(26)21-13-20(2)10-14-6-4-5-7-15(14)11-20/h4-7,16-17H,3,8-13H2,1-2H3,(H,24,25)(H2,21,22,26). The van der Waals surface area contributed by atoms with E-state index in [0.717, 1.165) is 32.2 Å². The molecular formula is C20H29N3O3. The molecule has 0 aromatic heterocycles. The first-order valence-electron chi connectivity index (χ1n) is 9.45. The number of benzene rings is 1.